The van der Waals surface area contributed by atoms with Crippen LogP contribution >= 0.6 is 0 Å². The second kappa shape index (κ2) is 6.57. The summed E-state index contributed by atoms with van der Waals surface area (Å²) in [7, 11) is 3.87. The summed E-state index contributed by atoms with van der Waals surface area (Å²) in [5, 5.41) is 0. The fraction of sp³-hybridized carbons (Fsp3) is 0.625. The van der Waals surface area contributed by atoms with Gasteiger partial charge in [-0.1, -0.05) is 12.1 Å². The maximum Gasteiger partial charge on any atom is 0.118 e. The quantitative estimate of drug-likeness (QED) is 0.910. The summed E-state index contributed by atoms with van der Waals surface area (Å²) < 4.78 is 5.20. The van der Waals surface area contributed by atoms with Gasteiger partial charge >= 0.3 is 0 Å². The van der Waals surface area contributed by atoms with E-state index in [9.17, 15) is 0 Å². The van der Waals surface area contributed by atoms with Crippen LogP contribution in [0.2, 0.25) is 0 Å². The third-order valence-corrected chi connectivity index (χ3v) is 4.43. The van der Waals surface area contributed by atoms with Crippen molar-refractivity contribution in [3.63, 3.8) is 0 Å². The lowest BCUT2D eigenvalue weighted by Gasteiger charge is -2.43. The van der Waals surface area contributed by atoms with Gasteiger partial charge in [-0.2, -0.15) is 0 Å². The molecule has 0 aromatic heterocycles. The summed E-state index contributed by atoms with van der Waals surface area (Å²) in [6.07, 6.45) is 0. The molecule has 1 saturated heterocycles. The first-order chi connectivity index (χ1) is 9.52. The number of ether oxygens (including phenoxy) is 1. The number of likely N-dealkylation sites (N-methyl/N-ethyl adjacent to an activating group) is 1. The Bertz CT molecular complexity index is 420. The molecular weight excluding hydrogens is 250 g/mol. The van der Waals surface area contributed by atoms with Gasteiger partial charge in [0.1, 0.15) is 5.75 Å². The van der Waals surface area contributed by atoms with Crippen LogP contribution in [0.3, 0.4) is 0 Å². The Morgan fingerprint density at radius 3 is 2.45 bits per heavy atom. The SMILES string of the molecule is COc1ccc(C(N)C(C)N2CCN(C)CC2C)cc1. The summed E-state index contributed by atoms with van der Waals surface area (Å²) in [5.41, 5.74) is 7.63. The van der Waals surface area contributed by atoms with E-state index in [2.05, 4.69) is 42.8 Å². The van der Waals surface area contributed by atoms with E-state index >= 15 is 0 Å². The minimum atomic E-state index is 0.0340. The topological polar surface area (TPSA) is 41.7 Å². The van der Waals surface area contributed by atoms with E-state index in [0.29, 0.717) is 12.1 Å². The molecule has 20 heavy (non-hydrogen) atoms. The van der Waals surface area contributed by atoms with Gasteiger partial charge in [-0.15, -0.1) is 0 Å². The summed E-state index contributed by atoms with van der Waals surface area (Å²) in [5.74, 6) is 0.876. The molecule has 2 N–H and O–H groups in total. The highest BCUT2D eigenvalue weighted by Gasteiger charge is 2.29. The molecule has 0 radical (unpaired) electrons. The Hall–Kier alpha value is -1.10. The summed E-state index contributed by atoms with van der Waals surface area (Å²) >= 11 is 0. The highest BCUT2D eigenvalue weighted by Crippen LogP contribution is 2.24. The van der Waals surface area contributed by atoms with Crippen molar-refractivity contribution in [1.82, 2.24) is 9.80 Å². The molecular formula is C16H27N3O. The molecule has 4 nitrogen and oxygen atoms in total. The second-order valence-electron chi connectivity index (χ2n) is 5.89. The fourth-order valence-corrected chi connectivity index (χ4v) is 3.07. The first-order valence-electron chi connectivity index (χ1n) is 7.36. The van der Waals surface area contributed by atoms with Crippen molar-refractivity contribution in [2.45, 2.75) is 32.0 Å². The van der Waals surface area contributed by atoms with Crippen LogP contribution in [-0.4, -0.2) is 55.7 Å². The number of rotatable bonds is 4. The fourth-order valence-electron chi connectivity index (χ4n) is 3.07. The Balaban J connectivity index is 2.05. The van der Waals surface area contributed by atoms with Crippen LogP contribution < -0.4 is 10.5 Å². The van der Waals surface area contributed by atoms with Crippen LogP contribution in [-0.2, 0) is 0 Å². The third-order valence-electron chi connectivity index (χ3n) is 4.43. The van der Waals surface area contributed by atoms with E-state index in [0.717, 1.165) is 25.4 Å². The van der Waals surface area contributed by atoms with Crippen LogP contribution in [0.5, 0.6) is 5.75 Å². The molecule has 0 spiro atoms. The van der Waals surface area contributed by atoms with Gasteiger partial charge in [0.2, 0.25) is 0 Å². The molecule has 0 bridgehead atoms. The van der Waals surface area contributed by atoms with E-state index < -0.39 is 0 Å². The Kier molecular flexibility index (Phi) is 5.02. The van der Waals surface area contributed by atoms with Gasteiger partial charge in [0.05, 0.1) is 7.11 Å². The molecule has 3 unspecified atom stereocenters. The predicted octanol–water partition coefficient (Wildman–Crippen LogP) is 1.72. The maximum atomic E-state index is 6.46. The van der Waals surface area contributed by atoms with E-state index in [-0.39, 0.29) is 6.04 Å². The van der Waals surface area contributed by atoms with Crippen molar-refractivity contribution >= 4 is 0 Å². The molecule has 1 aliphatic rings. The molecule has 1 aromatic rings. The average molecular weight is 277 g/mol. The van der Waals surface area contributed by atoms with Crippen LogP contribution in [0.15, 0.2) is 24.3 Å². The Morgan fingerprint density at radius 1 is 1.25 bits per heavy atom. The molecule has 3 atom stereocenters. The standard InChI is InChI=1S/C16H27N3O/c1-12-11-18(3)9-10-19(12)13(2)16(17)14-5-7-15(20-4)8-6-14/h5-8,12-13,16H,9-11,17H2,1-4H3. The minimum absolute atomic E-state index is 0.0340. The van der Waals surface area contributed by atoms with Gasteiger partial charge in [-0.3, -0.25) is 4.90 Å². The normalized spacial score (nSPS) is 24.4. The van der Waals surface area contributed by atoms with Gasteiger partial charge in [0.15, 0.2) is 0 Å². The Morgan fingerprint density at radius 2 is 1.90 bits per heavy atom. The molecule has 0 amide bonds. The van der Waals surface area contributed by atoms with E-state index in [1.807, 2.05) is 12.1 Å². The molecule has 4 heteroatoms. The molecule has 1 fully saturated rings. The van der Waals surface area contributed by atoms with Crippen LogP contribution in [0.25, 0.3) is 0 Å². The van der Waals surface area contributed by atoms with Crippen molar-refractivity contribution in [2.24, 2.45) is 5.73 Å². The molecule has 0 saturated carbocycles. The molecule has 1 heterocycles. The molecule has 2 rings (SSSR count). The van der Waals surface area contributed by atoms with Gasteiger partial charge in [0.25, 0.3) is 0 Å². The summed E-state index contributed by atoms with van der Waals surface area (Å²) in [6.45, 7) is 7.83. The third kappa shape index (κ3) is 3.32. The van der Waals surface area contributed by atoms with Crippen LogP contribution in [0.4, 0.5) is 0 Å². The lowest BCUT2D eigenvalue weighted by atomic mass is 9.98. The summed E-state index contributed by atoms with van der Waals surface area (Å²) in [4.78, 5) is 4.90. The molecule has 112 valence electrons. The maximum absolute atomic E-state index is 6.46. The second-order valence-corrected chi connectivity index (χ2v) is 5.89. The van der Waals surface area contributed by atoms with Gasteiger partial charge in [-0.25, -0.2) is 0 Å². The molecule has 0 aliphatic carbocycles. The van der Waals surface area contributed by atoms with Crippen molar-refractivity contribution in [3.8, 4) is 5.75 Å². The number of methoxy groups -OCH3 is 1. The first kappa shape index (κ1) is 15.3. The lowest BCUT2D eigenvalue weighted by molar-refractivity contribution is 0.0575. The van der Waals surface area contributed by atoms with E-state index in [1.165, 1.54) is 5.56 Å². The van der Waals surface area contributed by atoms with E-state index in [1.54, 1.807) is 7.11 Å². The zero-order chi connectivity index (χ0) is 14.7. The minimum Gasteiger partial charge on any atom is -0.497 e. The number of hydrogen-bond acceptors (Lipinski definition) is 4. The zero-order valence-electron chi connectivity index (χ0n) is 13.0. The number of nitrogens with zero attached hydrogens (tertiary/aromatic N) is 2. The van der Waals surface area contributed by atoms with Crippen molar-refractivity contribution in [3.05, 3.63) is 29.8 Å². The Labute approximate surface area is 122 Å². The van der Waals surface area contributed by atoms with E-state index in [4.69, 9.17) is 10.5 Å². The number of piperazine rings is 1. The molecule has 1 aliphatic heterocycles. The van der Waals surface area contributed by atoms with Crippen LogP contribution in [0.1, 0.15) is 25.5 Å². The zero-order valence-corrected chi connectivity index (χ0v) is 13.0. The highest BCUT2D eigenvalue weighted by molar-refractivity contribution is 5.29. The highest BCUT2D eigenvalue weighted by atomic mass is 16.5. The van der Waals surface area contributed by atoms with Gasteiger partial charge < -0.3 is 15.4 Å². The average Bonchev–Trinajstić information content (AvgIpc) is 2.46. The number of benzene rings is 1. The smallest absolute Gasteiger partial charge is 0.118 e. The van der Waals surface area contributed by atoms with Crippen molar-refractivity contribution in [1.29, 1.82) is 0 Å². The molecule has 1 aromatic carbocycles. The van der Waals surface area contributed by atoms with Gasteiger partial charge in [0, 0.05) is 37.8 Å². The first-order valence-corrected chi connectivity index (χ1v) is 7.36. The van der Waals surface area contributed by atoms with Gasteiger partial charge in [-0.05, 0) is 38.6 Å². The predicted molar refractivity (Wildman–Crippen MR) is 83.0 cm³/mol. The lowest BCUT2D eigenvalue weighted by Crippen LogP contribution is -2.55. The van der Waals surface area contributed by atoms with Crippen molar-refractivity contribution in [2.75, 3.05) is 33.8 Å². The van der Waals surface area contributed by atoms with Crippen LogP contribution in [0, 0.1) is 0 Å². The largest absolute Gasteiger partial charge is 0.497 e. The van der Waals surface area contributed by atoms with Crippen molar-refractivity contribution < 1.29 is 4.74 Å². The monoisotopic (exact) mass is 277 g/mol. The summed E-state index contributed by atoms with van der Waals surface area (Å²) in [6, 6.07) is 9.03. The number of hydrogen-bond donors (Lipinski definition) is 1. The number of nitrogens with two attached hydrogens (primary N) is 1.